The van der Waals surface area contributed by atoms with Crippen molar-refractivity contribution < 1.29 is 0 Å². The molecule has 0 spiro atoms. The molecule has 1 heterocycles. The Balaban J connectivity index is 2.13. The van der Waals surface area contributed by atoms with Crippen LogP contribution in [0.15, 0.2) is 42.6 Å². The molecule has 0 amide bonds. The van der Waals surface area contributed by atoms with Gasteiger partial charge in [0.25, 0.3) is 0 Å². The first-order chi connectivity index (χ1) is 9.08. The van der Waals surface area contributed by atoms with Crippen molar-refractivity contribution in [2.75, 3.05) is 5.32 Å². The van der Waals surface area contributed by atoms with Gasteiger partial charge in [-0.15, -0.1) is 0 Å². The highest BCUT2D eigenvalue weighted by Crippen LogP contribution is 2.20. The topological polar surface area (TPSA) is 50.9 Å². The minimum absolute atomic E-state index is 0.198. The van der Waals surface area contributed by atoms with Gasteiger partial charge in [0, 0.05) is 11.8 Å². The number of aromatic nitrogens is 1. The normalized spacial score (nSPS) is 11.9. The maximum atomic E-state index is 5.55. The molecule has 3 nitrogen and oxygen atoms in total. The average Bonchev–Trinajstić information content (AvgIpc) is 2.39. The molecular weight excluding hydrogens is 254 g/mol. The smallest absolute Gasteiger partial charge is 0.126 e. The van der Waals surface area contributed by atoms with Crippen LogP contribution in [0.25, 0.3) is 0 Å². The number of hydrogen-bond acceptors (Lipinski definition) is 3. The molecule has 98 valence electrons. The summed E-state index contributed by atoms with van der Waals surface area (Å²) in [5, 5.41) is 3.37. The van der Waals surface area contributed by atoms with E-state index in [4.69, 9.17) is 18.0 Å². The van der Waals surface area contributed by atoms with E-state index in [0.29, 0.717) is 4.99 Å². The van der Waals surface area contributed by atoms with Crippen LogP contribution in [-0.4, -0.2) is 9.97 Å². The summed E-state index contributed by atoms with van der Waals surface area (Å²) in [6, 6.07) is 12.3. The monoisotopic (exact) mass is 271 g/mol. The van der Waals surface area contributed by atoms with E-state index >= 15 is 0 Å². The summed E-state index contributed by atoms with van der Waals surface area (Å²) in [4.78, 5) is 4.68. The van der Waals surface area contributed by atoms with Crippen LogP contribution in [0, 0.1) is 6.92 Å². The minimum atomic E-state index is 0.198. The molecule has 1 atom stereocenters. The van der Waals surface area contributed by atoms with E-state index in [-0.39, 0.29) is 6.04 Å². The standard InChI is InChI=1S/C15H17N3S/c1-10-5-3-4-6-13(10)11(2)18-14-8-7-12(9-17-14)15(16)19/h3-9,11H,1-2H3,(H2,16,19)(H,17,18). The van der Waals surface area contributed by atoms with Gasteiger partial charge >= 0.3 is 0 Å². The molecule has 4 heteroatoms. The number of nitrogens with one attached hydrogen (secondary N) is 1. The van der Waals surface area contributed by atoms with E-state index in [9.17, 15) is 0 Å². The molecular formula is C15H17N3S. The third-order valence-corrected chi connectivity index (χ3v) is 3.30. The fourth-order valence-electron chi connectivity index (χ4n) is 2.00. The van der Waals surface area contributed by atoms with E-state index in [1.54, 1.807) is 6.20 Å². The highest BCUT2D eigenvalue weighted by Gasteiger charge is 2.08. The van der Waals surface area contributed by atoms with Gasteiger partial charge in [-0.1, -0.05) is 36.5 Å². The van der Waals surface area contributed by atoms with Crippen molar-refractivity contribution in [3.63, 3.8) is 0 Å². The zero-order chi connectivity index (χ0) is 13.8. The Morgan fingerprint density at radius 3 is 2.58 bits per heavy atom. The molecule has 0 aliphatic heterocycles. The molecule has 19 heavy (non-hydrogen) atoms. The van der Waals surface area contributed by atoms with Gasteiger partial charge in [-0.3, -0.25) is 0 Å². The van der Waals surface area contributed by atoms with Crippen LogP contribution in [0.2, 0.25) is 0 Å². The Kier molecular flexibility index (Phi) is 4.12. The predicted molar refractivity (Wildman–Crippen MR) is 83.3 cm³/mol. The number of rotatable bonds is 4. The van der Waals surface area contributed by atoms with Crippen LogP contribution in [-0.2, 0) is 0 Å². The molecule has 0 bridgehead atoms. The van der Waals surface area contributed by atoms with Crippen molar-refractivity contribution in [2.45, 2.75) is 19.9 Å². The van der Waals surface area contributed by atoms with E-state index in [0.717, 1.165) is 11.4 Å². The second-order valence-corrected chi connectivity index (χ2v) is 4.96. The van der Waals surface area contributed by atoms with Gasteiger partial charge in [0.2, 0.25) is 0 Å². The van der Waals surface area contributed by atoms with Crippen molar-refractivity contribution in [2.24, 2.45) is 5.73 Å². The van der Waals surface area contributed by atoms with Gasteiger partial charge in [-0.2, -0.15) is 0 Å². The highest BCUT2D eigenvalue weighted by atomic mass is 32.1. The van der Waals surface area contributed by atoms with Gasteiger partial charge in [0.1, 0.15) is 10.8 Å². The zero-order valence-corrected chi connectivity index (χ0v) is 11.9. The van der Waals surface area contributed by atoms with Gasteiger partial charge in [-0.25, -0.2) is 4.98 Å². The van der Waals surface area contributed by atoms with Crippen molar-refractivity contribution in [1.82, 2.24) is 4.98 Å². The first kappa shape index (κ1) is 13.5. The third kappa shape index (κ3) is 3.29. The van der Waals surface area contributed by atoms with Gasteiger partial charge in [0.05, 0.1) is 6.04 Å². The Hall–Kier alpha value is -1.94. The molecule has 0 saturated carbocycles. The van der Waals surface area contributed by atoms with Crippen molar-refractivity contribution in [1.29, 1.82) is 0 Å². The maximum Gasteiger partial charge on any atom is 0.126 e. The molecule has 1 unspecified atom stereocenters. The summed E-state index contributed by atoms with van der Waals surface area (Å²) < 4.78 is 0. The molecule has 0 fully saturated rings. The SMILES string of the molecule is Cc1ccccc1C(C)Nc1ccc(C(N)=S)cn1. The first-order valence-corrected chi connectivity index (χ1v) is 6.56. The molecule has 0 aliphatic rings. The predicted octanol–water partition coefficient (Wildman–Crippen LogP) is 3.20. The molecule has 1 aromatic carbocycles. The number of anilines is 1. The second kappa shape index (κ2) is 5.80. The molecule has 0 aliphatic carbocycles. The van der Waals surface area contributed by atoms with Crippen LogP contribution in [0.5, 0.6) is 0 Å². The number of pyridine rings is 1. The number of hydrogen-bond donors (Lipinski definition) is 2. The largest absolute Gasteiger partial charge is 0.389 e. The number of thiocarbonyl (C=S) groups is 1. The highest BCUT2D eigenvalue weighted by molar-refractivity contribution is 7.80. The molecule has 1 aromatic heterocycles. The minimum Gasteiger partial charge on any atom is -0.389 e. The van der Waals surface area contributed by atoms with Crippen molar-refractivity contribution >= 4 is 23.0 Å². The van der Waals surface area contributed by atoms with Crippen molar-refractivity contribution in [3.8, 4) is 0 Å². The third-order valence-electron chi connectivity index (χ3n) is 3.07. The second-order valence-electron chi connectivity index (χ2n) is 4.52. The Labute approximate surface area is 118 Å². The summed E-state index contributed by atoms with van der Waals surface area (Å²) in [6.07, 6.45) is 1.69. The first-order valence-electron chi connectivity index (χ1n) is 6.16. The molecule has 0 radical (unpaired) electrons. The van der Waals surface area contributed by atoms with Crippen LogP contribution in [0.4, 0.5) is 5.82 Å². The van der Waals surface area contributed by atoms with Crippen LogP contribution >= 0.6 is 12.2 Å². The Morgan fingerprint density at radius 1 is 1.26 bits per heavy atom. The lowest BCUT2D eigenvalue weighted by molar-refractivity contribution is 0.865. The number of aryl methyl sites for hydroxylation is 1. The lowest BCUT2D eigenvalue weighted by Gasteiger charge is -2.17. The molecule has 0 saturated heterocycles. The average molecular weight is 271 g/mol. The maximum absolute atomic E-state index is 5.55. The Bertz CT molecular complexity index is 578. The summed E-state index contributed by atoms with van der Waals surface area (Å²) >= 11 is 4.90. The van der Waals surface area contributed by atoms with Gasteiger partial charge < -0.3 is 11.1 Å². The van der Waals surface area contributed by atoms with E-state index < -0.39 is 0 Å². The lowest BCUT2D eigenvalue weighted by atomic mass is 10.0. The van der Waals surface area contributed by atoms with E-state index in [2.05, 4.69) is 36.3 Å². The number of nitrogens with zero attached hydrogens (tertiary/aromatic N) is 1. The summed E-state index contributed by atoms with van der Waals surface area (Å²) in [5.41, 5.74) is 8.86. The molecule has 2 rings (SSSR count). The molecule has 3 N–H and O–H groups in total. The zero-order valence-electron chi connectivity index (χ0n) is 11.1. The summed E-state index contributed by atoms with van der Waals surface area (Å²) in [6.45, 7) is 4.22. The Morgan fingerprint density at radius 2 is 2.00 bits per heavy atom. The number of benzene rings is 1. The lowest BCUT2D eigenvalue weighted by Crippen LogP contribution is -2.12. The fourth-order valence-corrected chi connectivity index (χ4v) is 2.12. The fraction of sp³-hybridized carbons (Fsp3) is 0.200. The van der Waals surface area contributed by atoms with Crippen LogP contribution in [0.1, 0.15) is 29.7 Å². The number of nitrogens with two attached hydrogens (primary N) is 1. The quantitative estimate of drug-likeness (QED) is 0.838. The van der Waals surface area contributed by atoms with Crippen LogP contribution in [0.3, 0.4) is 0 Å². The molecule has 2 aromatic rings. The summed E-state index contributed by atoms with van der Waals surface area (Å²) in [7, 11) is 0. The van der Waals surface area contributed by atoms with Crippen LogP contribution < -0.4 is 11.1 Å². The summed E-state index contributed by atoms with van der Waals surface area (Å²) in [5.74, 6) is 0.816. The van der Waals surface area contributed by atoms with E-state index in [1.165, 1.54) is 11.1 Å². The van der Waals surface area contributed by atoms with Gasteiger partial charge in [-0.05, 0) is 37.1 Å². The van der Waals surface area contributed by atoms with E-state index in [1.807, 2.05) is 24.3 Å². The van der Waals surface area contributed by atoms with Crippen molar-refractivity contribution in [3.05, 3.63) is 59.3 Å². The van der Waals surface area contributed by atoms with Gasteiger partial charge in [0.15, 0.2) is 0 Å².